The standard InChI is InChI=1S/C22H17F3N4O3/c1-32-20-11-9-18(28-29-20)27-19(30)10-8-14-4-2-7-17(12-14)26-21(31)15-5-3-6-16(13-15)22(23,24)25/h2-13H,1H3,(H,26,31)(H,27,28,30)/b10-8+. The third-order valence-corrected chi connectivity index (χ3v) is 4.12. The van der Waals surface area contributed by atoms with Crippen molar-refractivity contribution in [2.75, 3.05) is 17.7 Å². The Labute approximate surface area is 180 Å². The van der Waals surface area contributed by atoms with E-state index in [0.29, 0.717) is 17.1 Å². The number of anilines is 2. The van der Waals surface area contributed by atoms with E-state index in [9.17, 15) is 22.8 Å². The molecule has 1 aromatic heterocycles. The SMILES string of the molecule is COc1ccc(NC(=O)/C=C/c2cccc(NC(=O)c3cccc(C(F)(F)F)c3)c2)nn1. The molecule has 0 fully saturated rings. The second kappa shape index (κ2) is 9.73. The first-order chi connectivity index (χ1) is 15.2. The number of methoxy groups -OCH3 is 1. The van der Waals surface area contributed by atoms with E-state index in [-0.39, 0.29) is 11.4 Å². The molecule has 0 saturated heterocycles. The maximum atomic E-state index is 12.8. The minimum atomic E-state index is -4.54. The quantitative estimate of drug-likeness (QED) is 0.552. The van der Waals surface area contributed by atoms with Gasteiger partial charge in [-0.3, -0.25) is 9.59 Å². The lowest BCUT2D eigenvalue weighted by molar-refractivity contribution is -0.137. The van der Waals surface area contributed by atoms with Crippen LogP contribution in [0.4, 0.5) is 24.7 Å². The number of aromatic nitrogens is 2. The average molecular weight is 442 g/mol. The lowest BCUT2D eigenvalue weighted by atomic mass is 10.1. The summed E-state index contributed by atoms with van der Waals surface area (Å²) in [6.07, 6.45) is -1.77. The number of rotatable bonds is 6. The molecule has 3 rings (SSSR count). The number of alkyl halides is 3. The second-order valence-corrected chi connectivity index (χ2v) is 6.44. The van der Waals surface area contributed by atoms with Crippen molar-refractivity contribution in [2.45, 2.75) is 6.18 Å². The molecule has 3 aromatic rings. The molecule has 0 radical (unpaired) electrons. The minimum absolute atomic E-state index is 0.124. The Morgan fingerprint density at radius 1 is 0.969 bits per heavy atom. The molecule has 0 aliphatic rings. The van der Waals surface area contributed by atoms with Crippen LogP contribution in [0.1, 0.15) is 21.5 Å². The fourth-order valence-corrected chi connectivity index (χ4v) is 2.60. The predicted molar refractivity (Wildman–Crippen MR) is 112 cm³/mol. The minimum Gasteiger partial charge on any atom is -0.480 e. The van der Waals surface area contributed by atoms with Crippen molar-refractivity contribution >= 4 is 29.4 Å². The van der Waals surface area contributed by atoms with Gasteiger partial charge >= 0.3 is 6.18 Å². The van der Waals surface area contributed by atoms with Gasteiger partial charge in [0.25, 0.3) is 5.91 Å². The molecular formula is C22H17F3N4O3. The van der Waals surface area contributed by atoms with Crippen LogP contribution in [-0.2, 0) is 11.0 Å². The number of nitrogens with one attached hydrogen (secondary N) is 2. The van der Waals surface area contributed by atoms with Crippen LogP contribution in [0.15, 0.2) is 66.7 Å². The molecule has 0 saturated carbocycles. The van der Waals surface area contributed by atoms with E-state index in [2.05, 4.69) is 20.8 Å². The van der Waals surface area contributed by atoms with Crippen molar-refractivity contribution in [2.24, 2.45) is 0 Å². The first kappa shape index (κ1) is 22.5. The van der Waals surface area contributed by atoms with Crippen LogP contribution in [-0.4, -0.2) is 29.1 Å². The molecule has 0 bridgehead atoms. The molecule has 7 nitrogen and oxygen atoms in total. The van der Waals surface area contributed by atoms with Crippen LogP contribution < -0.4 is 15.4 Å². The Hall–Kier alpha value is -4.21. The van der Waals surface area contributed by atoms with E-state index in [1.54, 1.807) is 30.3 Å². The van der Waals surface area contributed by atoms with Crippen molar-refractivity contribution in [3.8, 4) is 5.88 Å². The number of carbonyl (C=O) groups is 2. The Balaban J connectivity index is 1.64. The van der Waals surface area contributed by atoms with Gasteiger partial charge in [-0.25, -0.2) is 0 Å². The summed E-state index contributed by atoms with van der Waals surface area (Å²) in [5.41, 5.74) is -0.0889. The second-order valence-electron chi connectivity index (χ2n) is 6.44. The molecule has 0 aliphatic heterocycles. The summed E-state index contributed by atoms with van der Waals surface area (Å²) in [4.78, 5) is 24.4. The number of amides is 2. The molecule has 1 heterocycles. The van der Waals surface area contributed by atoms with Crippen molar-refractivity contribution < 1.29 is 27.5 Å². The molecule has 2 aromatic carbocycles. The maximum absolute atomic E-state index is 12.8. The predicted octanol–water partition coefficient (Wildman–Crippen LogP) is 4.41. The van der Waals surface area contributed by atoms with Gasteiger partial charge in [0, 0.05) is 23.4 Å². The Morgan fingerprint density at radius 2 is 1.75 bits per heavy atom. The van der Waals surface area contributed by atoms with Gasteiger partial charge in [0.15, 0.2) is 5.82 Å². The van der Waals surface area contributed by atoms with Crippen molar-refractivity contribution in [1.82, 2.24) is 10.2 Å². The third-order valence-electron chi connectivity index (χ3n) is 4.12. The van der Waals surface area contributed by atoms with Gasteiger partial charge in [-0.15, -0.1) is 10.2 Å². The largest absolute Gasteiger partial charge is 0.480 e. The van der Waals surface area contributed by atoms with Gasteiger partial charge in [0.2, 0.25) is 11.8 Å². The number of hydrogen-bond donors (Lipinski definition) is 2. The number of carbonyl (C=O) groups excluding carboxylic acids is 2. The van der Waals surface area contributed by atoms with E-state index >= 15 is 0 Å². The first-order valence-corrected chi connectivity index (χ1v) is 9.20. The van der Waals surface area contributed by atoms with E-state index in [4.69, 9.17) is 4.74 Å². The van der Waals surface area contributed by atoms with Crippen LogP contribution in [0.2, 0.25) is 0 Å². The van der Waals surface area contributed by atoms with Crippen LogP contribution in [0.25, 0.3) is 6.08 Å². The normalized spacial score (nSPS) is 11.2. The molecule has 0 atom stereocenters. The summed E-state index contributed by atoms with van der Waals surface area (Å²) in [7, 11) is 1.45. The number of benzene rings is 2. The highest BCUT2D eigenvalue weighted by atomic mass is 19.4. The monoisotopic (exact) mass is 442 g/mol. The summed E-state index contributed by atoms with van der Waals surface area (Å²) in [6, 6.07) is 13.7. The smallest absolute Gasteiger partial charge is 0.416 e. The zero-order valence-electron chi connectivity index (χ0n) is 16.7. The molecule has 0 spiro atoms. The number of nitrogens with zero attached hydrogens (tertiary/aromatic N) is 2. The fourth-order valence-electron chi connectivity index (χ4n) is 2.60. The summed E-state index contributed by atoms with van der Waals surface area (Å²) in [5.74, 6) is -0.596. The number of hydrogen-bond acceptors (Lipinski definition) is 5. The maximum Gasteiger partial charge on any atom is 0.416 e. The molecule has 10 heteroatoms. The highest BCUT2D eigenvalue weighted by Crippen LogP contribution is 2.29. The summed E-state index contributed by atoms with van der Waals surface area (Å²) in [5, 5.41) is 12.6. The van der Waals surface area contributed by atoms with Gasteiger partial charge in [-0.05, 0) is 48.0 Å². The first-order valence-electron chi connectivity index (χ1n) is 9.20. The van der Waals surface area contributed by atoms with Gasteiger partial charge in [-0.2, -0.15) is 13.2 Å². The van der Waals surface area contributed by atoms with E-state index < -0.39 is 23.6 Å². The van der Waals surface area contributed by atoms with Crippen molar-refractivity contribution in [3.63, 3.8) is 0 Å². The molecule has 164 valence electrons. The van der Waals surface area contributed by atoms with Crippen molar-refractivity contribution in [3.05, 3.63) is 83.4 Å². The Kier molecular flexibility index (Phi) is 6.83. The molecule has 0 aliphatic carbocycles. The van der Waals surface area contributed by atoms with Gasteiger partial charge in [-0.1, -0.05) is 18.2 Å². The van der Waals surface area contributed by atoms with Gasteiger partial charge < -0.3 is 15.4 Å². The highest BCUT2D eigenvalue weighted by Gasteiger charge is 2.30. The van der Waals surface area contributed by atoms with Crippen LogP contribution in [0, 0.1) is 0 Å². The van der Waals surface area contributed by atoms with Crippen LogP contribution >= 0.6 is 0 Å². The van der Waals surface area contributed by atoms with E-state index in [0.717, 1.165) is 12.1 Å². The fraction of sp³-hybridized carbons (Fsp3) is 0.0909. The van der Waals surface area contributed by atoms with E-state index in [1.165, 1.54) is 37.5 Å². The lowest BCUT2D eigenvalue weighted by Crippen LogP contribution is -2.14. The van der Waals surface area contributed by atoms with Crippen molar-refractivity contribution in [1.29, 1.82) is 0 Å². The van der Waals surface area contributed by atoms with Gasteiger partial charge in [0.1, 0.15) is 0 Å². The molecular weight excluding hydrogens is 425 g/mol. The lowest BCUT2D eigenvalue weighted by Gasteiger charge is -2.09. The Bertz CT molecular complexity index is 1150. The Morgan fingerprint density at radius 3 is 2.44 bits per heavy atom. The molecule has 0 unspecified atom stereocenters. The third kappa shape index (κ3) is 6.14. The van der Waals surface area contributed by atoms with E-state index in [1.807, 2.05) is 0 Å². The number of ether oxygens (including phenoxy) is 1. The molecule has 2 amide bonds. The summed E-state index contributed by atoms with van der Waals surface area (Å²) in [6.45, 7) is 0. The average Bonchev–Trinajstić information content (AvgIpc) is 2.78. The number of halogens is 3. The zero-order valence-corrected chi connectivity index (χ0v) is 16.7. The summed E-state index contributed by atoms with van der Waals surface area (Å²) < 4.78 is 43.4. The van der Waals surface area contributed by atoms with Gasteiger partial charge in [0.05, 0.1) is 12.7 Å². The summed E-state index contributed by atoms with van der Waals surface area (Å²) >= 11 is 0. The van der Waals surface area contributed by atoms with Crippen LogP contribution in [0.3, 0.4) is 0 Å². The highest BCUT2D eigenvalue weighted by molar-refractivity contribution is 6.05. The molecule has 2 N–H and O–H groups in total. The zero-order chi connectivity index (χ0) is 23.1. The topological polar surface area (TPSA) is 93.2 Å². The molecule has 32 heavy (non-hydrogen) atoms. The van der Waals surface area contributed by atoms with Crippen LogP contribution in [0.5, 0.6) is 5.88 Å².